The van der Waals surface area contributed by atoms with Crippen LogP contribution < -0.4 is 16.0 Å². The smallest absolute Gasteiger partial charge is 0.253 e. The maximum absolute atomic E-state index is 12.7. The molecule has 2 amide bonds. The van der Waals surface area contributed by atoms with Crippen molar-refractivity contribution in [2.24, 2.45) is 0 Å². The van der Waals surface area contributed by atoms with Gasteiger partial charge in [0.1, 0.15) is 0 Å². The minimum Gasteiger partial charge on any atom is -0.349 e. The van der Waals surface area contributed by atoms with Gasteiger partial charge in [0.2, 0.25) is 5.91 Å². The lowest BCUT2D eigenvalue weighted by molar-refractivity contribution is -0.115. The highest BCUT2D eigenvalue weighted by Crippen LogP contribution is 2.24. The molecule has 31 heavy (non-hydrogen) atoms. The Bertz CT molecular complexity index is 1070. The Balaban J connectivity index is 1.38. The molecule has 1 fully saturated rings. The lowest BCUT2D eigenvalue weighted by atomic mass is 10.00. The van der Waals surface area contributed by atoms with E-state index < -0.39 is 0 Å². The second-order valence-electron chi connectivity index (χ2n) is 8.22. The molecule has 0 spiro atoms. The van der Waals surface area contributed by atoms with Gasteiger partial charge < -0.3 is 16.0 Å². The van der Waals surface area contributed by atoms with Crippen molar-refractivity contribution in [1.82, 2.24) is 10.6 Å². The maximum Gasteiger partial charge on any atom is 0.253 e. The molecule has 1 aliphatic carbocycles. The topological polar surface area (TPSA) is 70.2 Å². The van der Waals surface area contributed by atoms with Crippen molar-refractivity contribution in [3.8, 4) is 0 Å². The molecule has 1 saturated carbocycles. The highest BCUT2D eigenvalue weighted by molar-refractivity contribution is 6.04. The molecular formula is C26H29N3O2. The van der Waals surface area contributed by atoms with Gasteiger partial charge >= 0.3 is 0 Å². The molecule has 0 aromatic heterocycles. The molecule has 5 heteroatoms. The lowest BCUT2D eigenvalue weighted by Crippen LogP contribution is -2.34. The summed E-state index contributed by atoms with van der Waals surface area (Å²) in [5.41, 5.74) is 2.20. The monoisotopic (exact) mass is 415 g/mol. The van der Waals surface area contributed by atoms with E-state index in [0.717, 1.165) is 31.2 Å². The highest BCUT2D eigenvalue weighted by atomic mass is 16.2. The molecule has 0 aliphatic heterocycles. The maximum atomic E-state index is 12.7. The van der Waals surface area contributed by atoms with Crippen molar-refractivity contribution in [3.63, 3.8) is 0 Å². The summed E-state index contributed by atoms with van der Waals surface area (Å²) in [5.74, 6) is -0.298. The third kappa shape index (κ3) is 5.12. The van der Waals surface area contributed by atoms with Crippen LogP contribution in [0.2, 0.25) is 0 Å². The van der Waals surface area contributed by atoms with Crippen molar-refractivity contribution in [1.29, 1.82) is 0 Å². The van der Waals surface area contributed by atoms with Crippen LogP contribution in [0.1, 0.15) is 54.6 Å². The molecule has 4 rings (SSSR count). The molecule has 1 unspecified atom stereocenters. The van der Waals surface area contributed by atoms with Crippen LogP contribution in [0.3, 0.4) is 0 Å². The predicted octanol–water partition coefficient (Wildman–Crippen LogP) is 4.80. The van der Waals surface area contributed by atoms with Crippen molar-refractivity contribution >= 4 is 28.3 Å². The normalized spacial score (nSPS) is 15.0. The van der Waals surface area contributed by atoms with Gasteiger partial charge in [-0.3, -0.25) is 9.59 Å². The van der Waals surface area contributed by atoms with Gasteiger partial charge in [-0.05, 0) is 48.2 Å². The molecule has 0 heterocycles. The van der Waals surface area contributed by atoms with E-state index in [-0.39, 0.29) is 30.4 Å². The molecule has 5 nitrogen and oxygen atoms in total. The van der Waals surface area contributed by atoms with E-state index in [1.54, 1.807) is 12.1 Å². The molecular weight excluding hydrogens is 386 g/mol. The summed E-state index contributed by atoms with van der Waals surface area (Å²) < 4.78 is 0. The van der Waals surface area contributed by atoms with Gasteiger partial charge in [-0.15, -0.1) is 0 Å². The molecule has 160 valence electrons. The van der Waals surface area contributed by atoms with Crippen LogP contribution in [0, 0.1) is 0 Å². The number of benzene rings is 3. The largest absolute Gasteiger partial charge is 0.349 e. The van der Waals surface area contributed by atoms with Crippen LogP contribution in [0.4, 0.5) is 5.69 Å². The third-order valence-corrected chi connectivity index (χ3v) is 5.99. The Labute approximate surface area is 183 Å². The van der Waals surface area contributed by atoms with Gasteiger partial charge in [-0.25, -0.2) is 0 Å². The predicted molar refractivity (Wildman–Crippen MR) is 125 cm³/mol. The van der Waals surface area contributed by atoms with E-state index in [0.29, 0.717) is 11.3 Å². The summed E-state index contributed by atoms with van der Waals surface area (Å²) in [6.07, 6.45) is 4.36. The third-order valence-electron chi connectivity index (χ3n) is 5.99. The zero-order valence-electron chi connectivity index (χ0n) is 17.9. The summed E-state index contributed by atoms with van der Waals surface area (Å²) in [6, 6.07) is 21.9. The Morgan fingerprint density at radius 1 is 0.935 bits per heavy atom. The number of anilines is 1. The van der Waals surface area contributed by atoms with Gasteiger partial charge in [-0.2, -0.15) is 0 Å². The zero-order chi connectivity index (χ0) is 21.6. The fourth-order valence-corrected chi connectivity index (χ4v) is 4.30. The summed E-state index contributed by atoms with van der Waals surface area (Å²) in [5, 5.41) is 11.7. The minimum atomic E-state index is -0.173. The number of nitrogens with one attached hydrogen (secondary N) is 3. The van der Waals surface area contributed by atoms with E-state index in [4.69, 9.17) is 0 Å². The number of fused-ring (bicyclic) bond motifs is 1. The summed E-state index contributed by atoms with van der Waals surface area (Å²) in [4.78, 5) is 25.3. The van der Waals surface area contributed by atoms with E-state index >= 15 is 0 Å². The number of amides is 2. The molecule has 3 aromatic rings. The van der Waals surface area contributed by atoms with Gasteiger partial charge in [0.05, 0.1) is 17.8 Å². The van der Waals surface area contributed by atoms with Crippen LogP contribution in [0.25, 0.3) is 10.8 Å². The van der Waals surface area contributed by atoms with E-state index in [9.17, 15) is 9.59 Å². The Kier molecular flexibility index (Phi) is 6.63. The minimum absolute atomic E-state index is 0.0118. The first kappa shape index (κ1) is 21.1. The molecule has 3 aromatic carbocycles. The second-order valence-corrected chi connectivity index (χ2v) is 8.22. The first-order chi connectivity index (χ1) is 15.1. The number of rotatable bonds is 7. The molecule has 1 atom stereocenters. The summed E-state index contributed by atoms with van der Waals surface area (Å²) in [7, 11) is 0. The first-order valence-electron chi connectivity index (χ1n) is 11.0. The van der Waals surface area contributed by atoms with Crippen molar-refractivity contribution in [2.45, 2.75) is 44.7 Å². The molecule has 1 aliphatic rings. The molecule has 0 radical (unpaired) electrons. The lowest BCUT2D eigenvalue weighted by Gasteiger charge is -2.17. The number of para-hydroxylation sites is 1. The molecule has 3 N–H and O–H groups in total. The van der Waals surface area contributed by atoms with Gasteiger partial charge in [0.15, 0.2) is 0 Å². The van der Waals surface area contributed by atoms with Crippen LogP contribution >= 0.6 is 0 Å². The summed E-state index contributed by atoms with van der Waals surface area (Å²) in [6.45, 7) is 2.21. The van der Waals surface area contributed by atoms with E-state index in [1.165, 1.54) is 10.8 Å². The van der Waals surface area contributed by atoms with E-state index in [1.807, 2.05) is 30.3 Å². The molecule has 0 bridgehead atoms. The van der Waals surface area contributed by atoms with Crippen molar-refractivity contribution < 1.29 is 9.59 Å². The average molecular weight is 416 g/mol. The fourth-order valence-electron chi connectivity index (χ4n) is 4.30. The fraction of sp³-hybridized carbons (Fsp3) is 0.308. The Hall–Kier alpha value is -3.18. The summed E-state index contributed by atoms with van der Waals surface area (Å²) >= 11 is 0. The van der Waals surface area contributed by atoms with Gasteiger partial charge in [0, 0.05) is 12.1 Å². The van der Waals surface area contributed by atoms with Crippen LogP contribution in [-0.2, 0) is 4.79 Å². The van der Waals surface area contributed by atoms with Gasteiger partial charge in [0.25, 0.3) is 5.91 Å². The number of hydrogen-bond acceptors (Lipinski definition) is 3. The van der Waals surface area contributed by atoms with Crippen LogP contribution in [0.15, 0.2) is 66.7 Å². The Morgan fingerprint density at radius 2 is 1.65 bits per heavy atom. The van der Waals surface area contributed by atoms with Crippen LogP contribution in [-0.4, -0.2) is 24.4 Å². The number of carbonyl (C=O) groups excluding carboxylic acids is 2. The van der Waals surface area contributed by atoms with E-state index in [2.05, 4.69) is 47.1 Å². The molecule has 0 saturated heterocycles. The number of hydrogen-bond donors (Lipinski definition) is 3. The number of carbonyl (C=O) groups is 2. The van der Waals surface area contributed by atoms with Gasteiger partial charge in [-0.1, -0.05) is 67.4 Å². The highest BCUT2D eigenvalue weighted by Gasteiger charge is 2.20. The SMILES string of the molecule is CC(NCC(=O)Nc1ccccc1C(=O)NC1CCCC1)c1cccc2ccccc12. The Morgan fingerprint density at radius 3 is 2.48 bits per heavy atom. The van der Waals surface area contributed by atoms with Crippen molar-refractivity contribution in [3.05, 3.63) is 77.9 Å². The van der Waals surface area contributed by atoms with Crippen LogP contribution in [0.5, 0.6) is 0 Å². The first-order valence-corrected chi connectivity index (χ1v) is 11.0. The quantitative estimate of drug-likeness (QED) is 0.519. The average Bonchev–Trinajstić information content (AvgIpc) is 3.30. The second kappa shape index (κ2) is 9.75. The zero-order valence-corrected chi connectivity index (χ0v) is 17.9. The van der Waals surface area contributed by atoms with Crippen molar-refractivity contribution in [2.75, 3.05) is 11.9 Å². The standard InChI is InChI=1S/C26H29N3O2/c1-18(21-15-8-10-19-9-2-5-13-22(19)21)27-17-25(30)29-24-16-7-6-14-23(24)26(31)28-20-11-3-4-12-20/h2,5-10,13-16,18,20,27H,3-4,11-12,17H2,1H3,(H,28,31)(H,29,30).